The first-order valence-electron chi connectivity index (χ1n) is 6.49. The van der Waals surface area contributed by atoms with Crippen LogP contribution in [0.25, 0.3) is 0 Å². The quantitative estimate of drug-likeness (QED) is 0.787. The van der Waals surface area contributed by atoms with E-state index in [0.29, 0.717) is 0 Å². The van der Waals surface area contributed by atoms with Crippen molar-refractivity contribution >= 4 is 5.91 Å². The second-order valence-corrected chi connectivity index (χ2v) is 4.89. The molecular weight excluding hydrogens is 226 g/mol. The third kappa shape index (κ3) is 4.49. The highest BCUT2D eigenvalue weighted by Gasteiger charge is 2.11. The van der Waals surface area contributed by atoms with Crippen molar-refractivity contribution in [3.8, 4) is 0 Å². The van der Waals surface area contributed by atoms with Crippen LogP contribution in [0.15, 0.2) is 18.2 Å². The van der Waals surface area contributed by atoms with E-state index in [9.17, 15) is 4.79 Å². The molecule has 100 valence electrons. The number of hydrogen-bond acceptors (Lipinski definition) is 2. The third-order valence-corrected chi connectivity index (χ3v) is 2.97. The summed E-state index contributed by atoms with van der Waals surface area (Å²) >= 11 is 0. The minimum atomic E-state index is 0.0748. The predicted octanol–water partition coefficient (Wildman–Crippen LogP) is 2.54. The second kappa shape index (κ2) is 7.17. The van der Waals surface area contributed by atoms with Crippen molar-refractivity contribution < 1.29 is 9.90 Å². The van der Waals surface area contributed by atoms with Crippen molar-refractivity contribution in [1.82, 2.24) is 4.90 Å². The van der Waals surface area contributed by atoms with Crippen LogP contribution < -0.4 is 0 Å². The van der Waals surface area contributed by atoms with Gasteiger partial charge >= 0.3 is 0 Å². The average molecular weight is 249 g/mol. The summed E-state index contributed by atoms with van der Waals surface area (Å²) in [6, 6.07) is 5.93. The zero-order valence-corrected chi connectivity index (χ0v) is 11.6. The highest BCUT2D eigenvalue weighted by Crippen LogP contribution is 2.11. The molecule has 0 fully saturated rings. The molecule has 0 saturated carbocycles. The number of aryl methyl sites for hydroxylation is 2. The number of hydrogen-bond donors (Lipinski definition) is 1. The van der Waals surface area contributed by atoms with Crippen molar-refractivity contribution in [2.24, 2.45) is 0 Å². The molecule has 0 radical (unpaired) electrons. The van der Waals surface area contributed by atoms with Crippen molar-refractivity contribution in [2.45, 2.75) is 33.1 Å². The van der Waals surface area contributed by atoms with Crippen LogP contribution in [0, 0.1) is 13.8 Å². The van der Waals surface area contributed by atoms with E-state index in [0.717, 1.165) is 42.5 Å². The summed E-state index contributed by atoms with van der Waals surface area (Å²) < 4.78 is 0. The first-order valence-corrected chi connectivity index (χ1v) is 6.49. The Morgan fingerprint density at radius 2 is 1.72 bits per heavy atom. The average Bonchev–Trinajstić information content (AvgIpc) is 2.32. The molecule has 1 amide bonds. The summed E-state index contributed by atoms with van der Waals surface area (Å²) in [5.41, 5.74) is 3.00. The first-order chi connectivity index (χ1) is 8.54. The van der Waals surface area contributed by atoms with E-state index in [-0.39, 0.29) is 12.5 Å². The number of aliphatic hydroxyl groups excluding tert-OH is 1. The van der Waals surface area contributed by atoms with E-state index in [2.05, 4.69) is 6.07 Å². The lowest BCUT2D eigenvalue weighted by atomic mass is 10.1. The van der Waals surface area contributed by atoms with Gasteiger partial charge < -0.3 is 10.0 Å². The Morgan fingerprint density at radius 3 is 2.28 bits per heavy atom. The second-order valence-electron chi connectivity index (χ2n) is 4.89. The Labute approximate surface area is 109 Å². The monoisotopic (exact) mass is 249 g/mol. The largest absolute Gasteiger partial charge is 0.396 e. The van der Waals surface area contributed by atoms with Gasteiger partial charge in [0.1, 0.15) is 0 Å². The number of nitrogens with zero attached hydrogens (tertiary/aromatic N) is 1. The standard InChI is InChI=1S/C15H23NO2/c1-12-9-13(2)11-14(10-12)15(18)16(3)7-5-4-6-8-17/h9-11,17H,4-8H2,1-3H3. The number of amides is 1. The Bertz CT molecular complexity index is 381. The smallest absolute Gasteiger partial charge is 0.253 e. The van der Waals surface area contributed by atoms with Gasteiger partial charge in [-0.2, -0.15) is 0 Å². The molecule has 1 aromatic carbocycles. The molecule has 0 aliphatic rings. The fourth-order valence-electron chi connectivity index (χ4n) is 2.06. The molecule has 0 spiro atoms. The van der Waals surface area contributed by atoms with Gasteiger partial charge in [0.05, 0.1) is 0 Å². The first kappa shape index (κ1) is 14.7. The van der Waals surface area contributed by atoms with Gasteiger partial charge in [-0.05, 0) is 45.2 Å². The lowest BCUT2D eigenvalue weighted by Gasteiger charge is -2.17. The summed E-state index contributed by atoms with van der Waals surface area (Å²) in [5.74, 6) is 0.0748. The van der Waals surface area contributed by atoms with Crippen LogP contribution >= 0.6 is 0 Å². The number of rotatable bonds is 6. The Morgan fingerprint density at radius 1 is 1.11 bits per heavy atom. The van der Waals surface area contributed by atoms with Crippen LogP contribution in [0.3, 0.4) is 0 Å². The van der Waals surface area contributed by atoms with Crippen LogP contribution in [0.2, 0.25) is 0 Å². The number of carbonyl (C=O) groups excluding carboxylic acids is 1. The summed E-state index contributed by atoms with van der Waals surface area (Å²) in [6.45, 7) is 4.98. The van der Waals surface area contributed by atoms with Crippen molar-refractivity contribution in [3.63, 3.8) is 0 Å². The highest BCUT2D eigenvalue weighted by molar-refractivity contribution is 5.94. The summed E-state index contributed by atoms with van der Waals surface area (Å²) in [6.07, 6.45) is 2.71. The summed E-state index contributed by atoms with van der Waals surface area (Å²) in [4.78, 5) is 13.9. The van der Waals surface area contributed by atoms with Crippen LogP contribution in [0.4, 0.5) is 0 Å². The van der Waals surface area contributed by atoms with Gasteiger partial charge in [0.25, 0.3) is 5.91 Å². The number of carbonyl (C=O) groups is 1. The fraction of sp³-hybridized carbons (Fsp3) is 0.533. The molecule has 0 bridgehead atoms. The maximum absolute atomic E-state index is 12.2. The summed E-state index contributed by atoms with van der Waals surface area (Å²) in [7, 11) is 1.83. The van der Waals surface area contributed by atoms with Gasteiger partial charge in [-0.15, -0.1) is 0 Å². The molecule has 0 heterocycles. The fourth-order valence-corrected chi connectivity index (χ4v) is 2.06. The number of unbranched alkanes of at least 4 members (excludes halogenated alkanes) is 2. The molecule has 3 nitrogen and oxygen atoms in total. The van der Waals surface area contributed by atoms with Crippen molar-refractivity contribution in [2.75, 3.05) is 20.2 Å². The lowest BCUT2D eigenvalue weighted by Crippen LogP contribution is -2.27. The van der Waals surface area contributed by atoms with Gasteiger partial charge in [0, 0.05) is 25.8 Å². The zero-order chi connectivity index (χ0) is 13.5. The molecule has 1 rings (SSSR count). The maximum atomic E-state index is 12.2. The molecule has 0 aromatic heterocycles. The van der Waals surface area contributed by atoms with Gasteiger partial charge in [-0.25, -0.2) is 0 Å². The van der Waals surface area contributed by atoms with E-state index in [1.165, 1.54) is 0 Å². The Balaban J connectivity index is 2.57. The Kier molecular flexibility index (Phi) is 5.86. The van der Waals surface area contributed by atoms with E-state index >= 15 is 0 Å². The third-order valence-electron chi connectivity index (χ3n) is 2.97. The molecule has 3 heteroatoms. The maximum Gasteiger partial charge on any atom is 0.253 e. The van der Waals surface area contributed by atoms with E-state index in [1.807, 2.05) is 33.0 Å². The number of benzene rings is 1. The molecule has 0 saturated heterocycles. The van der Waals surface area contributed by atoms with Crippen LogP contribution in [0.1, 0.15) is 40.7 Å². The molecule has 18 heavy (non-hydrogen) atoms. The van der Waals surface area contributed by atoms with E-state index < -0.39 is 0 Å². The van der Waals surface area contributed by atoms with Gasteiger partial charge in [0.15, 0.2) is 0 Å². The molecule has 0 unspecified atom stereocenters. The lowest BCUT2D eigenvalue weighted by molar-refractivity contribution is 0.0792. The van der Waals surface area contributed by atoms with Crippen molar-refractivity contribution in [1.29, 1.82) is 0 Å². The van der Waals surface area contributed by atoms with Gasteiger partial charge in [-0.1, -0.05) is 17.2 Å². The van der Waals surface area contributed by atoms with E-state index in [4.69, 9.17) is 5.11 Å². The minimum absolute atomic E-state index is 0.0748. The molecule has 0 atom stereocenters. The molecule has 1 N–H and O–H groups in total. The van der Waals surface area contributed by atoms with Crippen LogP contribution in [-0.4, -0.2) is 36.1 Å². The van der Waals surface area contributed by atoms with E-state index in [1.54, 1.807) is 4.90 Å². The zero-order valence-electron chi connectivity index (χ0n) is 11.6. The molecular formula is C15H23NO2. The topological polar surface area (TPSA) is 40.5 Å². The predicted molar refractivity (Wildman–Crippen MR) is 73.8 cm³/mol. The van der Waals surface area contributed by atoms with Gasteiger partial charge in [0.2, 0.25) is 0 Å². The summed E-state index contributed by atoms with van der Waals surface area (Å²) in [5, 5.41) is 8.70. The molecule has 0 aliphatic carbocycles. The number of aliphatic hydroxyl groups is 1. The van der Waals surface area contributed by atoms with Crippen LogP contribution in [-0.2, 0) is 0 Å². The minimum Gasteiger partial charge on any atom is -0.396 e. The molecule has 1 aromatic rings. The van der Waals surface area contributed by atoms with Crippen molar-refractivity contribution in [3.05, 3.63) is 34.9 Å². The van der Waals surface area contributed by atoms with Crippen LogP contribution in [0.5, 0.6) is 0 Å². The van der Waals surface area contributed by atoms with Gasteiger partial charge in [-0.3, -0.25) is 4.79 Å². The highest BCUT2D eigenvalue weighted by atomic mass is 16.2. The normalized spacial score (nSPS) is 10.4. The SMILES string of the molecule is Cc1cc(C)cc(C(=O)N(C)CCCCCO)c1. The molecule has 0 aliphatic heterocycles. The Hall–Kier alpha value is -1.35.